The minimum atomic E-state index is -3.89. The first-order chi connectivity index (χ1) is 12.5. The van der Waals surface area contributed by atoms with E-state index < -0.39 is 15.9 Å². The summed E-state index contributed by atoms with van der Waals surface area (Å²) in [6.07, 6.45) is 0. The maximum absolute atomic E-state index is 13.2. The lowest BCUT2D eigenvalue weighted by Gasteiger charge is -2.20. The van der Waals surface area contributed by atoms with Crippen LogP contribution in [-0.2, 0) is 10.0 Å². The van der Waals surface area contributed by atoms with Crippen molar-refractivity contribution in [3.8, 4) is 5.75 Å². The monoisotopic (exact) mass is 390 g/mol. The van der Waals surface area contributed by atoms with Crippen LogP contribution in [0.15, 0.2) is 23.1 Å². The Kier molecular flexibility index (Phi) is 5.85. The Hall–Kier alpha value is -2.54. The van der Waals surface area contributed by atoms with Gasteiger partial charge in [0.25, 0.3) is 15.9 Å². The second-order valence-corrected chi connectivity index (χ2v) is 8.17. The average Bonchev–Trinajstić information content (AvgIpc) is 2.64. The van der Waals surface area contributed by atoms with Crippen molar-refractivity contribution in [3.63, 3.8) is 0 Å². The molecule has 0 radical (unpaired) electrons. The van der Waals surface area contributed by atoms with Crippen molar-refractivity contribution in [3.05, 3.63) is 51.6 Å². The summed E-state index contributed by atoms with van der Waals surface area (Å²) in [5, 5.41) is 2.52. The predicted octanol–water partition coefficient (Wildman–Crippen LogP) is 3.40. The number of hydrogen-bond donors (Lipinski definition) is 2. The lowest BCUT2D eigenvalue weighted by molar-refractivity contribution is 0.0963. The molecule has 6 nitrogen and oxygen atoms in total. The van der Waals surface area contributed by atoms with E-state index in [1.54, 1.807) is 19.9 Å². The summed E-state index contributed by atoms with van der Waals surface area (Å²) in [6.45, 7) is 9.43. The van der Waals surface area contributed by atoms with Crippen molar-refractivity contribution in [2.24, 2.45) is 0 Å². The number of nitrogens with one attached hydrogen (secondary N) is 2. The maximum Gasteiger partial charge on any atom is 0.262 e. The fourth-order valence-electron chi connectivity index (χ4n) is 3.13. The van der Waals surface area contributed by atoms with E-state index in [0.29, 0.717) is 16.9 Å². The first kappa shape index (κ1) is 20.8. The number of carbonyl (C=O) groups is 1. The molecule has 0 saturated carbocycles. The van der Waals surface area contributed by atoms with Crippen LogP contribution in [0.2, 0.25) is 0 Å². The van der Waals surface area contributed by atoms with Gasteiger partial charge in [0.05, 0.1) is 23.3 Å². The van der Waals surface area contributed by atoms with E-state index in [1.807, 2.05) is 20.8 Å². The molecule has 2 rings (SSSR count). The van der Waals surface area contributed by atoms with Crippen LogP contribution in [0.4, 0.5) is 5.69 Å². The Morgan fingerprint density at radius 1 is 0.926 bits per heavy atom. The number of sulfonamides is 1. The van der Waals surface area contributed by atoms with Crippen molar-refractivity contribution in [1.29, 1.82) is 0 Å². The first-order valence-electron chi connectivity index (χ1n) is 8.55. The molecule has 1 amide bonds. The molecular weight excluding hydrogens is 364 g/mol. The summed E-state index contributed by atoms with van der Waals surface area (Å²) >= 11 is 0. The number of carbonyl (C=O) groups excluding carboxylic acids is 1. The number of anilines is 1. The minimum Gasteiger partial charge on any atom is -0.497 e. The van der Waals surface area contributed by atoms with Gasteiger partial charge in [0.15, 0.2) is 0 Å². The topological polar surface area (TPSA) is 84.5 Å². The van der Waals surface area contributed by atoms with E-state index in [9.17, 15) is 13.2 Å². The SMILES string of the molecule is CNC(=O)c1cc(OC)ccc1NS(=O)(=O)c1c(C)c(C)c(C)c(C)c1C. The van der Waals surface area contributed by atoms with Gasteiger partial charge in [0, 0.05) is 7.05 Å². The summed E-state index contributed by atoms with van der Waals surface area (Å²) in [4.78, 5) is 12.5. The molecule has 146 valence electrons. The second kappa shape index (κ2) is 7.60. The van der Waals surface area contributed by atoms with E-state index in [-0.39, 0.29) is 16.1 Å². The van der Waals surface area contributed by atoms with Crippen LogP contribution in [0.1, 0.15) is 38.2 Å². The van der Waals surface area contributed by atoms with Crippen LogP contribution in [0.3, 0.4) is 0 Å². The molecule has 0 spiro atoms. The highest BCUT2D eigenvalue weighted by molar-refractivity contribution is 7.92. The molecule has 0 aliphatic heterocycles. The van der Waals surface area contributed by atoms with Gasteiger partial charge < -0.3 is 10.1 Å². The van der Waals surface area contributed by atoms with E-state index >= 15 is 0 Å². The molecule has 0 aliphatic rings. The zero-order valence-corrected chi connectivity index (χ0v) is 17.6. The van der Waals surface area contributed by atoms with Crippen LogP contribution >= 0.6 is 0 Å². The van der Waals surface area contributed by atoms with E-state index in [0.717, 1.165) is 16.7 Å². The highest BCUT2D eigenvalue weighted by Crippen LogP contribution is 2.32. The molecule has 2 aromatic carbocycles. The molecule has 27 heavy (non-hydrogen) atoms. The van der Waals surface area contributed by atoms with E-state index in [1.165, 1.54) is 26.3 Å². The molecule has 0 saturated heterocycles. The van der Waals surface area contributed by atoms with Gasteiger partial charge in [-0.2, -0.15) is 0 Å². The highest BCUT2D eigenvalue weighted by Gasteiger charge is 2.25. The first-order valence-corrected chi connectivity index (χ1v) is 10.0. The van der Waals surface area contributed by atoms with Gasteiger partial charge in [0.1, 0.15) is 5.75 Å². The molecule has 0 aromatic heterocycles. The number of hydrogen-bond acceptors (Lipinski definition) is 4. The molecule has 2 N–H and O–H groups in total. The number of methoxy groups -OCH3 is 1. The fraction of sp³-hybridized carbons (Fsp3) is 0.350. The summed E-state index contributed by atoms with van der Waals surface area (Å²) in [6, 6.07) is 4.64. The van der Waals surface area contributed by atoms with Crippen LogP contribution in [0.5, 0.6) is 5.75 Å². The average molecular weight is 391 g/mol. The van der Waals surface area contributed by atoms with Crippen molar-refractivity contribution in [1.82, 2.24) is 5.32 Å². The maximum atomic E-state index is 13.2. The van der Waals surface area contributed by atoms with Crippen LogP contribution in [0, 0.1) is 34.6 Å². The Morgan fingerprint density at radius 3 is 1.93 bits per heavy atom. The molecule has 0 atom stereocenters. The van der Waals surface area contributed by atoms with Gasteiger partial charge in [-0.15, -0.1) is 0 Å². The van der Waals surface area contributed by atoms with Gasteiger partial charge in [-0.1, -0.05) is 0 Å². The molecular formula is C20H26N2O4S. The van der Waals surface area contributed by atoms with Gasteiger partial charge in [-0.05, 0) is 80.6 Å². The van der Waals surface area contributed by atoms with Crippen LogP contribution < -0.4 is 14.8 Å². The summed E-state index contributed by atoms with van der Waals surface area (Å²) in [5.74, 6) is 0.0576. The molecule has 0 bridgehead atoms. The Morgan fingerprint density at radius 2 is 1.44 bits per heavy atom. The standard InChI is InChI=1S/C20H26N2O4S/c1-11-12(2)14(4)19(15(5)13(11)3)27(24,25)22-18-9-8-16(26-7)10-17(18)20(23)21-6/h8-10,22H,1-7H3,(H,21,23). The highest BCUT2D eigenvalue weighted by atomic mass is 32.2. The van der Waals surface area contributed by atoms with Crippen molar-refractivity contribution < 1.29 is 17.9 Å². The molecule has 0 fully saturated rings. The summed E-state index contributed by atoms with van der Waals surface area (Å²) < 4.78 is 34.1. The van der Waals surface area contributed by atoms with Crippen LogP contribution in [0.25, 0.3) is 0 Å². The summed E-state index contributed by atoms with van der Waals surface area (Å²) in [5.41, 5.74) is 4.77. The van der Waals surface area contributed by atoms with Crippen molar-refractivity contribution >= 4 is 21.6 Å². The van der Waals surface area contributed by atoms with Gasteiger partial charge in [0.2, 0.25) is 0 Å². The quantitative estimate of drug-likeness (QED) is 0.819. The smallest absolute Gasteiger partial charge is 0.262 e. The zero-order valence-electron chi connectivity index (χ0n) is 16.8. The van der Waals surface area contributed by atoms with E-state index in [2.05, 4.69) is 10.0 Å². The number of amides is 1. The summed E-state index contributed by atoms with van der Waals surface area (Å²) in [7, 11) is -0.920. The fourth-order valence-corrected chi connectivity index (χ4v) is 4.81. The third kappa shape index (κ3) is 3.78. The molecule has 0 unspecified atom stereocenters. The molecule has 2 aromatic rings. The number of benzene rings is 2. The third-order valence-electron chi connectivity index (χ3n) is 5.14. The molecule has 0 heterocycles. The number of rotatable bonds is 5. The third-order valence-corrected chi connectivity index (χ3v) is 6.78. The lowest BCUT2D eigenvalue weighted by Crippen LogP contribution is -2.23. The van der Waals surface area contributed by atoms with Crippen molar-refractivity contribution in [2.45, 2.75) is 39.5 Å². The Bertz CT molecular complexity index is 982. The lowest BCUT2D eigenvalue weighted by atomic mass is 9.95. The Balaban J connectivity index is 2.64. The zero-order chi connectivity index (χ0) is 20.5. The van der Waals surface area contributed by atoms with Gasteiger partial charge >= 0.3 is 0 Å². The predicted molar refractivity (Wildman–Crippen MR) is 107 cm³/mol. The molecule has 7 heteroatoms. The van der Waals surface area contributed by atoms with Gasteiger partial charge in [-0.25, -0.2) is 8.42 Å². The largest absolute Gasteiger partial charge is 0.497 e. The van der Waals surface area contributed by atoms with E-state index in [4.69, 9.17) is 4.74 Å². The van der Waals surface area contributed by atoms with Crippen molar-refractivity contribution in [2.75, 3.05) is 18.9 Å². The normalized spacial score (nSPS) is 11.2. The van der Waals surface area contributed by atoms with Crippen LogP contribution in [-0.4, -0.2) is 28.5 Å². The Labute approximate surface area is 161 Å². The van der Waals surface area contributed by atoms with Gasteiger partial charge in [-0.3, -0.25) is 9.52 Å². The second-order valence-electron chi connectivity index (χ2n) is 6.55. The minimum absolute atomic E-state index is 0.191. The number of ether oxygens (including phenoxy) is 1. The molecule has 0 aliphatic carbocycles.